The summed E-state index contributed by atoms with van der Waals surface area (Å²) in [6.07, 6.45) is 3.55. The molecule has 9 heteroatoms. The monoisotopic (exact) mass is 489 g/mol. The van der Waals surface area contributed by atoms with Gasteiger partial charge in [-0.05, 0) is 43.2 Å². The zero-order valence-electron chi connectivity index (χ0n) is 19.5. The van der Waals surface area contributed by atoms with Crippen molar-refractivity contribution in [1.29, 1.82) is 0 Å². The predicted molar refractivity (Wildman–Crippen MR) is 131 cm³/mol. The summed E-state index contributed by atoms with van der Waals surface area (Å²) in [7, 11) is 0. The highest BCUT2D eigenvalue weighted by Gasteiger charge is 2.37. The number of fused-ring (bicyclic) bond motifs is 1. The molecule has 2 amide bonds. The number of amides is 2. The SMILES string of the molecule is O=C(NC1CCCC1)[C@H](c1ccccc1F)N(C(=O)Cn1nnc2ccccc21)c1ccccc1F. The van der Waals surface area contributed by atoms with Crippen LogP contribution in [0.2, 0.25) is 0 Å². The number of carbonyl (C=O) groups is 2. The lowest BCUT2D eigenvalue weighted by atomic mass is 10.0. The summed E-state index contributed by atoms with van der Waals surface area (Å²) >= 11 is 0. The largest absolute Gasteiger partial charge is 0.351 e. The average molecular weight is 490 g/mol. The van der Waals surface area contributed by atoms with Crippen LogP contribution in [0, 0.1) is 11.6 Å². The third-order valence-electron chi connectivity index (χ3n) is 6.49. The molecule has 0 unspecified atom stereocenters. The number of anilines is 1. The fourth-order valence-corrected chi connectivity index (χ4v) is 4.75. The van der Waals surface area contributed by atoms with E-state index in [0.717, 1.165) is 30.6 Å². The van der Waals surface area contributed by atoms with Gasteiger partial charge in [-0.15, -0.1) is 5.10 Å². The van der Waals surface area contributed by atoms with E-state index in [4.69, 9.17) is 0 Å². The zero-order chi connectivity index (χ0) is 25.1. The minimum atomic E-state index is -1.43. The molecule has 0 saturated heterocycles. The standard InChI is InChI=1S/C27H25F2N5O2/c28-20-12-4-3-11-19(20)26(27(36)30-18-9-1-2-10-18)34(23-15-7-5-13-21(23)29)25(35)17-33-24-16-8-6-14-22(24)31-32-33/h3-8,11-16,18,26H,1-2,9-10,17H2,(H,30,36)/t26-/m0/s1. The molecule has 5 rings (SSSR count). The van der Waals surface area contributed by atoms with Crippen LogP contribution in [-0.4, -0.2) is 32.9 Å². The summed E-state index contributed by atoms with van der Waals surface area (Å²) in [5.74, 6) is -2.56. The number of para-hydroxylation sites is 2. The van der Waals surface area contributed by atoms with E-state index in [1.165, 1.54) is 41.1 Å². The first kappa shape index (κ1) is 23.6. The van der Waals surface area contributed by atoms with Gasteiger partial charge in [0, 0.05) is 11.6 Å². The molecule has 1 N–H and O–H groups in total. The highest BCUT2D eigenvalue weighted by Crippen LogP contribution is 2.32. The summed E-state index contributed by atoms with van der Waals surface area (Å²) in [5.41, 5.74) is 1.05. The van der Waals surface area contributed by atoms with Crippen molar-refractivity contribution < 1.29 is 18.4 Å². The lowest BCUT2D eigenvalue weighted by Gasteiger charge is -2.32. The molecule has 1 atom stereocenters. The fourth-order valence-electron chi connectivity index (χ4n) is 4.75. The van der Waals surface area contributed by atoms with Crippen LogP contribution in [0.3, 0.4) is 0 Å². The molecule has 4 aromatic rings. The predicted octanol–water partition coefficient (Wildman–Crippen LogP) is 4.54. The van der Waals surface area contributed by atoms with Crippen molar-refractivity contribution in [3.8, 4) is 0 Å². The van der Waals surface area contributed by atoms with Gasteiger partial charge in [0.15, 0.2) is 0 Å². The molecule has 1 aliphatic rings. The van der Waals surface area contributed by atoms with Gasteiger partial charge in [-0.3, -0.25) is 14.5 Å². The lowest BCUT2D eigenvalue weighted by Crippen LogP contribution is -2.48. The van der Waals surface area contributed by atoms with Gasteiger partial charge in [0.2, 0.25) is 11.8 Å². The van der Waals surface area contributed by atoms with Gasteiger partial charge < -0.3 is 5.32 Å². The van der Waals surface area contributed by atoms with Gasteiger partial charge in [-0.2, -0.15) is 0 Å². The van der Waals surface area contributed by atoms with Gasteiger partial charge in [0.1, 0.15) is 29.7 Å². The molecule has 1 saturated carbocycles. The van der Waals surface area contributed by atoms with E-state index in [9.17, 15) is 9.59 Å². The third-order valence-corrected chi connectivity index (χ3v) is 6.49. The van der Waals surface area contributed by atoms with Gasteiger partial charge in [0.25, 0.3) is 0 Å². The summed E-state index contributed by atoms with van der Waals surface area (Å²) < 4.78 is 31.6. The van der Waals surface area contributed by atoms with Crippen molar-refractivity contribution in [2.45, 2.75) is 44.3 Å². The Hall–Kier alpha value is -4.14. The average Bonchev–Trinajstić information content (AvgIpc) is 3.54. The van der Waals surface area contributed by atoms with Crippen molar-refractivity contribution in [3.63, 3.8) is 0 Å². The van der Waals surface area contributed by atoms with E-state index in [1.807, 2.05) is 0 Å². The second kappa shape index (κ2) is 10.2. The Morgan fingerprint density at radius 3 is 2.36 bits per heavy atom. The van der Waals surface area contributed by atoms with E-state index in [2.05, 4.69) is 15.6 Å². The van der Waals surface area contributed by atoms with Crippen molar-refractivity contribution in [3.05, 3.63) is 90.0 Å². The first-order chi connectivity index (χ1) is 17.5. The highest BCUT2D eigenvalue weighted by atomic mass is 19.1. The molecule has 36 heavy (non-hydrogen) atoms. The maximum absolute atomic E-state index is 15.1. The van der Waals surface area contributed by atoms with Crippen molar-refractivity contribution in [1.82, 2.24) is 20.3 Å². The molecule has 1 fully saturated rings. The van der Waals surface area contributed by atoms with Gasteiger partial charge in [-0.25, -0.2) is 13.5 Å². The molecule has 1 aliphatic carbocycles. The van der Waals surface area contributed by atoms with E-state index in [-0.39, 0.29) is 23.8 Å². The summed E-state index contributed by atoms with van der Waals surface area (Å²) in [6.45, 7) is -0.323. The maximum Gasteiger partial charge on any atom is 0.249 e. The molecular formula is C27H25F2N5O2. The minimum absolute atomic E-state index is 0.0203. The summed E-state index contributed by atoms with van der Waals surface area (Å²) in [5, 5.41) is 11.1. The number of halogens is 2. The van der Waals surface area contributed by atoms with Crippen LogP contribution >= 0.6 is 0 Å². The Balaban J connectivity index is 1.60. The second-order valence-corrected chi connectivity index (χ2v) is 8.86. The molecule has 7 nitrogen and oxygen atoms in total. The quantitative estimate of drug-likeness (QED) is 0.413. The first-order valence-corrected chi connectivity index (χ1v) is 11.9. The topological polar surface area (TPSA) is 80.1 Å². The van der Waals surface area contributed by atoms with Crippen LogP contribution < -0.4 is 10.2 Å². The molecule has 1 heterocycles. The van der Waals surface area contributed by atoms with Gasteiger partial charge in [-0.1, -0.05) is 60.5 Å². The number of nitrogens with zero attached hydrogens (tertiary/aromatic N) is 4. The number of hydrogen-bond donors (Lipinski definition) is 1. The Kier molecular flexibility index (Phi) is 6.71. The third kappa shape index (κ3) is 4.68. The van der Waals surface area contributed by atoms with Gasteiger partial charge >= 0.3 is 0 Å². The van der Waals surface area contributed by atoms with Gasteiger partial charge in [0.05, 0.1) is 11.2 Å². The van der Waals surface area contributed by atoms with Crippen molar-refractivity contribution in [2.24, 2.45) is 0 Å². The molecular weight excluding hydrogens is 464 g/mol. The highest BCUT2D eigenvalue weighted by molar-refractivity contribution is 6.01. The molecule has 1 aromatic heterocycles. The van der Waals surface area contributed by atoms with E-state index in [1.54, 1.807) is 36.4 Å². The Morgan fingerprint density at radius 2 is 1.61 bits per heavy atom. The Bertz CT molecular complexity index is 1400. The maximum atomic E-state index is 15.1. The Morgan fingerprint density at radius 1 is 0.944 bits per heavy atom. The summed E-state index contributed by atoms with van der Waals surface area (Å²) in [4.78, 5) is 28.5. The van der Waals surface area contributed by atoms with E-state index < -0.39 is 29.5 Å². The number of rotatable bonds is 7. The summed E-state index contributed by atoms with van der Waals surface area (Å²) in [6, 6.07) is 17.0. The molecule has 0 radical (unpaired) electrons. The molecule has 0 spiro atoms. The number of hydrogen-bond acceptors (Lipinski definition) is 4. The molecule has 184 valence electrons. The van der Waals surface area contributed by atoms with Crippen LogP contribution in [0.25, 0.3) is 11.0 Å². The zero-order valence-corrected chi connectivity index (χ0v) is 19.5. The molecule has 0 bridgehead atoms. The molecule has 0 aliphatic heterocycles. The normalized spacial score (nSPS) is 14.6. The van der Waals surface area contributed by atoms with Crippen LogP contribution in [0.4, 0.5) is 14.5 Å². The van der Waals surface area contributed by atoms with E-state index in [0.29, 0.717) is 11.0 Å². The number of aromatic nitrogens is 3. The number of nitrogens with one attached hydrogen (secondary N) is 1. The number of benzene rings is 3. The Labute approximate surface area is 206 Å². The first-order valence-electron chi connectivity index (χ1n) is 11.9. The van der Waals surface area contributed by atoms with Crippen LogP contribution in [0.1, 0.15) is 37.3 Å². The fraction of sp³-hybridized carbons (Fsp3) is 0.259. The van der Waals surface area contributed by atoms with Crippen LogP contribution in [-0.2, 0) is 16.1 Å². The van der Waals surface area contributed by atoms with E-state index >= 15 is 8.78 Å². The smallest absolute Gasteiger partial charge is 0.249 e. The van der Waals surface area contributed by atoms with Crippen molar-refractivity contribution >= 4 is 28.5 Å². The number of carbonyl (C=O) groups excluding carboxylic acids is 2. The second-order valence-electron chi connectivity index (χ2n) is 8.86. The molecule has 3 aromatic carbocycles. The van der Waals surface area contributed by atoms with Crippen LogP contribution in [0.5, 0.6) is 0 Å². The van der Waals surface area contributed by atoms with Crippen molar-refractivity contribution in [2.75, 3.05) is 4.90 Å². The minimum Gasteiger partial charge on any atom is -0.351 e. The lowest BCUT2D eigenvalue weighted by molar-refractivity contribution is -0.127. The van der Waals surface area contributed by atoms with Crippen LogP contribution in [0.15, 0.2) is 72.8 Å².